The van der Waals surface area contributed by atoms with Gasteiger partial charge in [-0.05, 0) is 12.8 Å². The predicted molar refractivity (Wildman–Crippen MR) is 59.3 cm³/mol. The zero-order valence-corrected chi connectivity index (χ0v) is 11.4. The molecule has 1 atom stereocenters. The standard InChI is InChI=1S/C11H15F6NO3/c1-5(2)8(6(3)19)18-7(20)4-21-9(10(12,13)14)11(15,16)17/h5,8-9H,4H2,1-3H3,(H,18,20). The van der Waals surface area contributed by atoms with E-state index >= 15 is 0 Å². The molecule has 0 aromatic rings. The largest absolute Gasteiger partial charge is 0.423 e. The minimum absolute atomic E-state index is 0.368. The number of carbonyl (C=O) groups is 2. The van der Waals surface area contributed by atoms with Crippen molar-refractivity contribution in [2.75, 3.05) is 6.61 Å². The van der Waals surface area contributed by atoms with Crippen LogP contribution < -0.4 is 5.32 Å². The first-order valence-corrected chi connectivity index (χ1v) is 5.81. The Morgan fingerprint density at radius 1 is 1.05 bits per heavy atom. The summed E-state index contributed by atoms with van der Waals surface area (Å²) in [4.78, 5) is 22.5. The van der Waals surface area contributed by atoms with Crippen LogP contribution in [0.1, 0.15) is 20.8 Å². The molecule has 4 nitrogen and oxygen atoms in total. The molecule has 0 heterocycles. The number of nitrogens with one attached hydrogen (secondary N) is 1. The van der Waals surface area contributed by atoms with E-state index in [1.165, 1.54) is 0 Å². The highest BCUT2D eigenvalue weighted by molar-refractivity contribution is 5.88. The van der Waals surface area contributed by atoms with E-state index in [0.717, 1.165) is 6.92 Å². The third-order valence-electron chi connectivity index (χ3n) is 2.40. The predicted octanol–water partition coefficient (Wildman–Crippen LogP) is 2.23. The molecule has 0 saturated heterocycles. The van der Waals surface area contributed by atoms with Crippen LogP contribution >= 0.6 is 0 Å². The quantitative estimate of drug-likeness (QED) is 0.763. The van der Waals surface area contributed by atoms with Crippen molar-refractivity contribution >= 4 is 11.7 Å². The summed E-state index contributed by atoms with van der Waals surface area (Å²) in [6.45, 7) is 2.79. The molecular formula is C11H15F6NO3. The SMILES string of the molecule is CC(=O)C(NC(=O)COC(C(F)(F)F)C(F)(F)F)C(C)C. The second kappa shape index (κ2) is 7.10. The molecule has 0 aliphatic carbocycles. The zero-order valence-electron chi connectivity index (χ0n) is 11.4. The summed E-state index contributed by atoms with van der Waals surface area (Å²) in [5.41, 5.74) is 0. The van der Waals surface area contributed by atoms with Crippen molar-refractivity contribution in [3.05, 3.63) is 0 Å². The van der Waals surface area contributed by atoms with Gasteiger partial charge in [0, 0.05) is 0 Å². The first-order valence-electron chi connectivity index (χ1n) is 5.81. The van der Waals surface area contributed by atoms with Gasteiger partial charge in [-0.2, -0.15) is 26.3 Å². The van der Waals surface area contributed by atoms with Gasteiger partial charge in [-0.25, -0.2) is 0 Å². The lowest BCUT2D eigenvalue weighted by Gasteiger charge is -2.24. The monoisotopic (exact) mass is 323 g/mol. The Hall–Kier alpha value is -1.32. The van der Waals surface area contributed by atoms with Crippen LogP contribution in [0, 0.1) is 5.92 Å². The molecule has 1 N–H and O–H groups in total. The summed E-state index contributed by atoms with van der Waals surface area (Å²) in [6.07, 6.45) is -15.4. The first-order chi connectivity index (χ1) is 9.26. The normalized spacial score (nSPS) is 14.4. The average molecular weight is 323 g/mol. The number of alkyl halides is 6. The van der Waals surface area contributed by atoms with Crippen LogP contribution in [0.15, 0.2) is 0 Å². The molecule has 0 spiro atoms. The Balaban J connectivity index is 4.69. The lowest BCUT2D eigenvalue weighted by molar-refractivity contribution is -0.319. The van der Waals surface area contributed by atoms with E-state index in [1.54, 1.807) is 13.8 Å². The van der Waals surface area contributed by atoms with Gasteiger partial charge < -0.3 is 10.1 Å². The molecule has 0 saturated carbocycles. The second-order valence-corrected chi connectivity index (χ2v) is 4.67. The fraction of sp³-hybridized carbons (Fsp3) is 0.818. The fourth-order valence-corrected chi connectivity index (χ4v) is 1.49. The molecular weight excluding hydrogens is 308 g/mol. The fourth-order valence-electron chi connectivity index (χ4n) is 1.49. The van der Waals surface area contributed by atoms with E-state index in [2.05, 4.69) is 4.74 Å². The summed E-state index contributed by atoms with van der Waals surface area (Å²) in [7, 11) is 0. The van der Waals surface area contributed by atoms with Crippen molar-refractivity contribution in [3.8, 4) is 0 Å². The maximum absolute atomic E-state index is 12.2. The van der Waals surface area contributed by atoms with E-state index in [9.17, 15) is 35.9 Å². The Morgan fingerprint density at radius 3 is 1.76 bits per heavy atom. The third-order valence-corrected chi connectivity index (χ3v) is 2.40. The van der Waals surface area contributed by atoms with Crippen LogP contribution in [-0.2, 0) is 14.3 Å². The molecule has 0 aromatic carbocycles. The summed E-state index contributed by atoms with van der Waals surface area (Å²) in [6, 6.07) is -1.00. The number of hydrogen-bond acceptors (Lipinski definition) is 3. The van der Waals surface area contributed by atoms with Crippen LogP contribution in [0.5, 0.6) is 0 Å². The Kier molecular flexibility index (Phi) is 6.65. The Morgan fingerprint density at radius 2 is 1.48 bits per heavy atom. The number of Topliss-reactive ketones (excluding diaryl/α,β-unsaturated/α-hetero) is 1. The molecule has 1 unspecified atom stereocenters. The average Bonchev–Trinajstić information content (AvgIpc) is 2.21. The smallest absolute Gasteiger partial charge is 0.351 e. The minimum Gasteiger partial charge on any atom is -0.351 e. The van der Waals surface area contributed by atoms with Crippen molar-refractivity contribution in [2.45, 2.75) is 45.3 Å². The molecule has 1 amide bonds. The Bertz CT molecular complexity index is 363. The van der Waals surface area contributed by atoms with E-state index in [-0.39, 0.29) is 5.92 Å². The molecule has 0 aliphatic rings. The lowest BCUT2D eigenvalue weighted by Crippen LogP contribution is -2.48. The van der Waals surface area contributed by atoms with E-state index in [4.69, 9.17) is 0 Å². The van der Waals surface area contributed by atoms with Gasteiger partial charge in [-0.1, -0.05) is 13.8 Å². The van der Waals surface area contributed by atoms with Gasteiger partial charge in [0.2, 0.25) is 12.0 Å². The number of halogens is 6. The van der Waals surface area contributed by atoms with Crippen LogP contribution in [0.2, 0.25) is 0 Å². The molecule has 0 rings (SSSR count). The number of ketones is 1. The lowest BCUT2D eigenvalue weighted by atomic mass is 10.0. The van der Waals surface area contributed by atoms with Crippen molar-refractivity contribution in [3.63, 3.8) is 0 Å². The maximum atomic E-state index is 12.2. The van der Waals surface area contributed by atoms with Crippen LogP contribution in [0.4, 0.5) is 26.3 Å². The maximum Gasteiger partial charge on any atom is 0.423 e. The molecule has 0 radical (unpaired) electrons. The summed E-state index contributed by atoms with van der Waals surface area (Å²) < 4.78 is 76.5. The number of amides is 1. The topological polar surface area (TPSA) is 55.4 Å². The van der Waals surface area contributed by atoms with Gasteiger partial charge in [0.1, 0.15) is 6.61 Å². The Labute approximate surface area is 116 Å². The molecule has 21 heavy (non-hydrogen) atoms. The number of carbonyl (C=O) groups excluding carboxylic acids is 2. The zero-order chi connectivity index (χ0) is 17.0. The van der Waals surface area contributed by atoms with Gasteiger partial charge in [0.05, 0.1) is 6.04 Å². The summed E-state index contributed by atoms with van der Waals surface area (Å²) in [5.74, 6) is -2.07. The molecule has 10 heteroatoms. The van der Waals surface area contributed by atoms with Crippen molar-refractivity contribution in [1.29, 1.82) is 0 Å². The highest BCUT2D eigenvalue weighted by Crippen LogP contribution is 2.35. The molecule has 0 aliphatic heterocycles. The molecule has 0 aromatic heterocycles. The first kappa shape index (κ1) is 19.7. The number of rotatable bonds is 6. The second-order valence-electron chi connectivity index (χ2n) is 4.67. The molecule has 0 fully saturated rings. The highest BCUT2D eigenvalue weighted by Gasteiger charge is 2.58. The number of hydrogen-bond donors (Lipinski definition) is 1. The van der Waals surface area contributed by atoms with Gasteiger partial charge in [0.15, 0.2) is 5.78 Å². The molecule has 0 bridgehead atoms. The van der Waals surface area contributed by atoms with Crippen molar-refractivity contribution < 1.29 is 40.7 Å². The third kappa shape index (κ3) is 6.78. The van der Waals surface area contributed by atoms with Crippen LogP contribution in [0.25, 0.3) is 0 Å². The minimum atomic E-state index is -5.68. The van der Waals surface area contributed by atoms with Crippen molar-refractivity contribution in [2.24, 2.45) is 5.92 Å². The van der Waals surface area contributed by atoms with E-state index in [0.29, 0.717) is 0 Å². The van der Waals surface area contributed by atoms with Gasteiger partial charge in [-0.15, -0.1) is 0 Å². The highest BCUT2D eigenvalue weighted by atomic mass is 19.4. The summed E-state index contributed by atoms with van der Waals surface area (Å²) >= 11 is 0. The van der Waals surface area contributed by atoms with Gasteiger partial charge >= 0.3 is 12.4 Å². The van der Waals surface area contributed by atoms with Gasteiger partial charge in [-0.3, -0.25) is 9.59 Å². The van der Waals surface area contributed by atoms with Crippen molar-refractivity contribution in [1.82, 2.24) is 5.32 Å². The van der Waals surface area contributed by atoms with Crippen LogP contribution in [0.3, 0.4) is 0 Å². The summed E-state index contributed by atoms with van der Waals surface area (Å²) in [5, 5.41) is 2.03. The molecule has 124 valence electrons. The van der Waals surface area contributed by atoms with Gasteiger partial charge in [0.25, 0.3) is 0 Å². The van der Waals surface area contributed by atoms with Crippen LogP contribution in [-0.4, -0.2) is 42.8 Å². The van der Waals surface area contributed by atoms with E-state index in [1.807, 2.05) is 5.32 Å². The number of ether oxygens (including phenoxy) is 1. The van der Waals surface area contributed by atoms with E-state index < -0.39 is 42.8 Å².